The molecule has 0 aliphatic rings. The number of rotatable bonds is 3. The van der Waals surface area contributed by atoms with Crippen molar-refractivity contribution in [2.45, 2.75) is 26.2 Å². The van der Waals surface area contributed by atoms with Gasteiger partial charge in [0.05, 0.1) is 0 Å². The van der Waals surface area contributed by atoms with Gasteiger partial charge in [0.15, 0.2) is 5.82 Å². The molecule has 0 unspecified atom stereocenters. The molecule has 0 atom stereocenters. The highest BCUT2D eigenvalue weighted by Gasteiger charge is 2.14. The van der Waals surface area contributed by atoms with Crippen molar-refractivity contribution >= 4 is 27.6 Å². The third-order valence-electron chi connectivity index (χ3n) is 2.48. The minimum absolute atomic E-state index is 0.349. The van der Waals surface area contributed by atoms with E-state index in [4.69, 9.17) is 0 Å². The molecular weight excluding hydrogens is 252 g/mol. The largest absolute Gasteiger partial charge is 0.234 e. The minimum atomic E-state index is 0.349. The van der Waals surface area contributed by atoms with E-state index in [1.807, 2.05) is 4.52 Å². The van der Waals surface area contributed by atoms with Crippen LogP contribution in [-0.4, -0.2) is 19.8 Å². The molecule has 0 aliphatic heterocycles. The van der Waals surface area contributed by atoms with Crippen LogP contribution in [0.1, 0.15) is 35.5 Å². The van der Waals surface area contributed by atoms with Crippen LogP contribution in [0.25, 0.3) is 4.96 Å². The second kappa shape index (κ2) is 4.19. The summed E-state index contributed by atoms with van der Waals surface area (Å²) < 4.78 is 1.87. The van der Waals surface area contributed by atoms with Crippen molar-refractivity contribution in [2.75, 3.05) is 0 Å². The molecule has 0 spiro atoms. The summed E-state index contributed by atoms with van der Waals surface area (Å²) in [4.78, 5) is 2.22. The Kier molecular flexibility index (Phi) is 2.68. The summed E-state index contributed by atoms with van der Waals surface area (Å²) >= 11 is 3.38. The van der Waals surface area contributed by atoms with Crippen molar-refractivity contribution in [3.63, 3.8) is 0 Å². The number of fused-ring (bicyclic) bond motifs is 1. The molecule has 4 nitrogen and oxygen atoms in total. The average Bonchev–Trinajstić information content (AvgIpc) is 2.92. The first-order valence-corrected chi connectivity index (χ1v) is 7.17. The van der Waals surface area contributed by atoms with Crippen LogP contribution in [0.15, 0.2) is 17.5 Å². The maximum Gasteiger partial charge on any atom is 0.234 e. The minimum Gasteiger partial charge on any atom is -0.187 e. The van der Waals surface area contributed by atoms with E-state index in [0.717, 1.165) is 22.2 Å². The zero-order chi connectivity index (χ0) is 11.8. The van der Waals surface area contributed by atoms with Crippen molar-refractivity contribution in [1.29, 1.82) is 0 Å². The van der Waals surface area contributed by atoms with E-state index in [2.05, 4.69) is 46.7 Å². The fourth-order valence-corrected chi connectivity index (χ4v) is 3.33. The standard InChI is InChI=1S/C11H12N4S2/c1-7(2)10-12-13-11-15(10)14-9(17-11)6-8-4-3-5-16-8/h3-5,7H,6H2,1-2H3. The molecule has 0 aromatic carbocycles. The lowest BCUT2D eigenvalue weighted by atomic mass is 10.2. The smallest absolute Gasteiger partial charge is 0.187 e. The van der Waals surface area contributed by atoms with E-state index in [1.165, 1.54) is 4.88 Å². The highest BCUT2D eigenvalue weighted by atomic mass is 32.1. The van der Waals surface area contributed by atoms with Gasteiger partial charge in [-0.25, -0.2) is 0 Å². The Bertz CT molecular complexity index is 621. The summed E-state index contributed by atoms with van der Waals surface area (Å²) in [5.41, 5.74) is 0. The van der Waals surface area contributed by atoms with Gasteiger partial charge >= 0.3 is 0 Å². The van der Waals surface area contributed by atoms with Crippen molar-refractivity contribution < 1.29 is 0 Å². The summed E-state index contributed by atoms with van der Waals surface area (Å²) in [5, 5.41) is 16.1. The average molecular weight is 264 g/mol. The predicted molar refractivity (Wildman–Crippen MR) is 69.9 cm³/mol. The van der Waals surface area contributed by atoms with Gasteiger partial charge < -0.3 is 0 Å². The first-order valence-electron chi connectivity index (χ1n) is 5.47. The van der Waals surface area contributed by atoms with Crippen molar-refractivity contribution in [3.05, 3.63) is 33.2 Å². The van der Waals surface area contributed by atoms with Gasteiger partial charge in [0.25, 0.3) is 0 Å². The Balaban J connectivity index is 1.97. The van der Waals surface area contributed by atoms with Crippen LogP contribution in [-0.2, 0) is 6.42 Å². The lowest BCUT2D eigenvalue weighted by Gasteiger charge is -1.97. The third kappa shape index (κ3) is 1.98. The number of hydrogen-bond acceptors (Lipinski definition) is 5. The van der Waals surface area contributed by atoms with Gasteiger partial charge in [-0.15, -0.1) is 21.5 Å². The lowest BCUT2D eigenvalue weighted by Crippen LogP contribution is -1.98. The molecule has 0 fully saturated rings. The van der Waals surface area contributed by atoms with Crippen LogP contribution in [0.3, 0.4) is 0 Å². The Labute approximate surface area is 107 Å². The molecule has 0 bridgehead atoms. The topological polar surface area (TPSA) is 43.1 Å². The summed E-state index contributed by atoms with van der Waals surface area (Å²) in [6, 6.07) is 4.20. The predicted octanol–water partition coefficient (Wildman–Crippen LogP) is 2.96. The quantitative estimate of drug-likeness (QED) is 0.730. The maximum atomic E-state index is 4.59. The Hall–Kier alpha value is -1.27. The van der Waals surface area contributed by atoms with Gasteiger partial charge in [-0.1, -0.05) is 31.3 Å². The fourth-order valence-electron chi connectivity index (χ4n) is 1.67. The molecule has 3 aromatic heterocycles. The molecule has 6 heteroatoms. The van der Waals surface area contributed by atoms with Crippen molar-refractivity contribution in [1.82, 2.24) is 19.8 Å². The summed E-state index contributed by atoms with van der Waals surface area (Å²) in [6.45, 7) is 4.21. The number of hydrogen-bond donors (Lipinski definition) is 0. The van der Waals surface area contributed by atoms with Crippen molar-refractivity contribution in [3.8, 4) is 0 Å². The number of aromatic nitrogens is 4. The highest BCUT2D eigenvalue weighted by molar-refractivity contribution is 7.16. The molecule has 0 aliphatic carbocycles. The van der Waals surface area contributed by atoms with Gasteiger partial charge in [0.1, 0.15) is 5.01 Å². The molecule has 3 rings (SSSR count). The van der Waals surface area contributed by atoms with Crippen molar-refractivity contribution in [2.24, 2.45) is 0 Å². The Morgan fingerprint density at radius 1 is 1.35 bits per heavy atom. The molecule has 3 aromatic rings. The third-order valence-corrected chi connectivity index (χ3v) is 4.25. The zero-order valence-electron chi connectivity index (χ0n) is 9.62. The highest BCUT2D eigenvalue weighted by Crippen LogP contribution is 2.22. The van der Waals surface area contributed by atoms with Gasteiger partial charge in [-0.3, -0.25) is 0 Å². The molecule has 0 N–H and O–H groups in total. The molecule has 0 amide bonds. The molecule has 0 radical (unpaired) electrons. The fraction of sp³-hybridized carbons (Fsp3) is 0.364. The van der Waals surface area contributed by atoms with E-state index in [-0.39, 0.29) is 0 Å². The van der Waals surface area contributed by atoms with Crippen LogP contribution in [0, 0.1) is 0 Å². The van der Waals surface area contributed by atoms with E-state index >= 15 is 0 Å². The van der Waals surface area contributed by atoms with Gasteiger partial charge in [0.2, 0.25) is 4.96 Å². The second-order valence-electron chi connectivity index (χ2n) is 4.16. The normalized spacial score (nSPS) is 11.7. The number of thiophene rings is 1. The van der Waals surface area contributed by atoms with Gasteiger partial charge in [0, 0.05) is 17.2 Å². The summed E-state index contributed by atoms with van der Waals surface area (Å²) in [5.74, 6) is 1.29. The summed E-state index contributed by atoms with van der Waals surface area (Å²) in [6.07, 6.45) is 0.892. The first-order chi connectivity index (χ1) is 8.24. The van der Waals surface area contributed by atoms with E-state index in [1.54, 1.807) is 22.7 Å². The Morgan fingerprint density at radius 3 is 2.94 bits per heavy atom. The Morgan fingerprint density at radius 2 is 2.24 bits per heavy atom. The molecular formula is C11H12N4S2. The van der Waals surface area contributed by atoms with Crippen LogP contribution in [0.4, 0.5) is 0 Å². The molecule has 88 valence electrons. The van der Waals surface area contributed by atoms with Crippen LogP contribution < -0.4 is 0 Å². The zero-order valence-corrected chi connectivity index (χ0v) is 11.3. The van der Waals surface area contributed by atoms with Crippen LogP contribution >= 0.6 is 22.7 Å². The number of nitrogens with zero attached hydrogens (tertiary/aromatic N) is 4. The van der Waals surface area contributed by atoms with E-state index < -0.39 is 0 Å². The van der Waals surface area contributed by atoms with Gasteiger partial charge in [-0.2, -0.15) is 9.61 Å². The summed E-state index contributed by atoms with van der Waals surface area (Å²) in [7, 11) is 0. The van der Waals surface area contributed by atoms with Crippen LogP contribution in [0.5, 0.6) is 0 Å². The molecule has 3 heterocycles. The van der Waals surface area contributed by atoms with E-state index in [0.29, 0.717) is 5.92 Å². The molecule has 17 heavy (non-hydrogen) atoms. The molecule has 0 saturated carbocycles. The van der Waals surface area contributed by atoms with Crippen LogP contribution in [0.2, 0.25) is 0 Å². The second-order valence-corrected chi connectivity index (χ2v) is 6.23. The maximum absolute atomic E-state index is 4.59. The monoisotopic (exact) mass is 264 g/mol. The SMILES string of the molecule is CC(C)c1nnc2sc(Cc3cccs3)nn12. The first kappa shape index (κ1) is 10.9. The molecule has 0 saturated heterocycles. The van der Waals surface area contributed by atoms with E-state index in [9.17, 15) is 0 Å². The lowest BCUT2D eigenvalue weighted by molar-refractivity contribution is 0.719. The van der Waals surface area contributed by atoms with Gasteiger partial charge in [-0.05, 0) is 11.4 Å².